The lowest BCUT2D eigenvalue weighted by atomic mass is 10.1. The van der Waals surface area contributed by atoms with Crippen LogP contribution in [0, 0.1) is 6.92 Å². The summed E-state index contributed by atoms with van der Waals surface area (Å²) in [5.41, 5.74) is 9.13. The van der Waals surface area contributed by atoms with Crippen molar-refractivity contribution in [3.8, 4) is 5.75 Å². The molecule has 40 heavy (non-hydrogen) atoms. The average molecular weight is 543 g/mol. The quantitative estimate of drug-likeness (QED) is 0.257. The number of ether oxygens (including phenoxy) is 1. The third-order valence-electron chi connectivity index (χ3n) is 6.50. The fraction of sp³-hybridized carbons (Fsp3) is 0.286. The first-order chi connectivity index (χ1) is 19.4. The molecule has 0 unspecified atom stereocenters. The van der Waals surface area contributed by atoms with E-state index in [-0.39, 0.29) is 17.4 Å². The smallest absolute Gasteiger partial charge is 0.276 e. The molecule has 2 amide bonds. The number of nitrogens with zero attached hydrogens (tertiary/aromatic N) is 6. The number of anilines is 1. The van der Waals surface area contributed by atoms with E-state index in [9.17, 15) is 9.59 Å². The Morgan fingerprint density at radius 1 is 1.05 bits per heavy atom. The monoisotopic (exact) mass is 542 g/mol. The van der Waals surface area contributed by atoms with Gasteiger partial charge >= 0.3 is 0 Å². The summed E-state index contributed by atoms with van der Waals surface area (Å²) in [5.74, 6) is 0.683. The van der Waals surface area contributed by atoms with Crippen LogP contribution in [0.15, 0.2) is 52.9 Å². The minimum Gasteiger partial charge on any atom is -0.494 e. The number of hydrogen-bond donors (Lipinski definition) is 2. The molecule has 5 aromatic rings. The van der Waals surface area contributed by atoms with Crippen molar-refractivity contribution in [3.05, 3.63) is 82.8 Å². The molecule has 3 N–H and O–H groups in total. The number of carbonyl (C=O) groups is 2. The van der Waals surface area contributed by atoms with E-state index in [0.717, 1.165) is 12.1 Å². The standard InChI is InChI=1S/C28H30N8O4/c1-4-36-21(14-17(2)34-36)27(38)31-28-30-20-15-19(26(29)37)16-22(39-3)25(20)35(28)13-12-24-33-32-23(40-24)11-10-18-8-6-5-7-9-18/h5-9,14-16H,4,10-13H2,1-3H3,(H2,29,37)(H,30,31,38). The molecule has 0 radical (unpaired) electrons. The maximum absolute atomic E-state index is 13.3. The highest BCUT2D eigenvalue weighted by Crippen LogP contribution is 2.31. The van der Waals surface area contributed by atoms with Crippen LogP contribution >= 0.6 is 0 Å². The zero-order valence-electron chi connectivity index (χ0n) is 22.5. The lowest BCUT2D eigenvalue weighted by Crippen LogP contribution is -2.20. The Bertz CT molecular complexity index is 1670. The van der Waals surface area contributed by atoms with Crippen LogP contribution in [0.4, 0.5) is 5.95 Å². The summed E-state index contributed by atoms with van der Waals surface area (Å²) in [4.78, 5) is 29.8. The minimum atomic E-state index is -0.614. The second-order valence-electron chi connectivity index (χ2n) is 9.26. The van der Waals surface area contributed by atoms with Gasteiger partial charge in [-0.3, -0.25) is 19.6 Å². The number of fused-ring (bicyclic) bond motifs is 1. The van der Waals surface area contributed by atoms with Crippen LogP contribution in [0.5, 0.6) is 5.75 Å². The summed E-state index contributed by atoms with van der Waals surface area (Å²) in [5, 5.41) is 15.7. The molecule has 12 nitrogen and oxygen atoms in total. The van der Waals surface area contributed by atoms with Crippen LogP contribution in [-0.4, -0.2) is 48.5 Å². The first-order valence-corrected chi connectivity index (χ1v) is 12.9. The van der Waals surface area contributed by atoms with Crippen LogP contribution in [0.2, 0.25) is 0 Å². The molecule has 0 spiro atoms. The van der Waals surface area contributed by atoms with Gasteiger partial charge in [-0.2, -0.15) is 5.10 Å². The fourth-order valence-corrected chi connectivity index (χ4v) is 4.57. The summed E-state index contributed by atoms with van der Waals surface area (Å²) in [6.45, 7) is 4.61. The first kappa shape index (κ1) is 26.6. The van der Waals surface area contributed by atoms with Crippen LogP contribution in [0.25, 0.3) is 11.0 Å². The van der Waals surface area contributed by atoms with Crippen LogP contribution < -0.4 is 15.8 Å². The summed E-state index contributed by atoms with van der Waals surface area (Å²) >= 11 is 0. The molecule has 12 heteroatoms. The lowest BCUT2D eigenvalue weighted by Gasteiger charge is -2.12. The summed E-state index contributed by atoms with van der Waals surface area (Å²) in [6.07, 6.45) is 1.79. The van der Waals surface area contributed by atoms with Crippen molar-refractivity contribution in [2.75, 3.05) is 12.4 Å². The molecule has 5 rings (SSSR count). The summed E-state index contributed by atoms with van der Waals surface area (Å²) < 4.78 is 14.9. The fourth-order valence-electron chi connectivity index (χ4n) is 4.57. The molecule has 2 aromatic carbocycles. The predicted molar refractivity (Wildman–Crippen MR) is 147 cm³/mol. The molecule has 0 fully saturated rings. The molecule has 0 aliphatic heterocycles. The van der Waals surface area contributed by atoms with E-state index >= 15 is 0 Å². The normalized spacial score (nSPS) is 11.2. The van der Waals surface area contributed by atoms with E-state index < -0.39 is 5.91 Å². The van der Waals surface area contributed by atoms with Crippen molar-refractivity contribution in [2.45, 2.75) is 46.2 Å². The van der Waals surface area contributed by atoms with E-state index in [1.165, 1.54) is 12.7 Å². The van der Waals surface area contributed by atoms with E-state index in [0.29, 0.717) is 60.2 Å². The highest BCUT2D eigenvalue weighted by Gasteiger charge is 2.22. The molecule has 0 atom stereocenters. The number of hydrogen-bond acceptors (Lipinski definition) is 8. The average Bonchev–Trinajstić information content (AvgIpc) is 3.67. The molecule has 0 bridgehead atoms. The van der Waals surface area contributed by atoms with Gasteiger partial charge in [-0.15, -0.1) is 10.2 Å². The Kier molecular flexibility index (Phi) is 7.58. The number of carbonyl (C=O) groups excluding carboxylic acids is 2. The van der Waals surface area contributed by atoms with Gasteiger partial charge in [0.2, 0.25) is 23.6 Å². The molecular formula is C28H30N8O4. The third-order valence-corrected chi connectivity index (χ3v) is 6.50. The van der Waals surface area contributed by atoms with Crippen molar-refractivity contribution < 1.29 is 18.7 Å². The van der Waals surface area contributed by atoms with Crippen molar-refractivity contribution in [2.24, 2.45) is 5.73 Å². The Balaban J connectivity index is 1.43. The topological polar surface area (TPSA) is 156 Å². The molecule has 3 heterocycles. The van der Waals surface area contributed by atoms with Gasteiger partial charge < -0.3 is 19.5 Å². The third kappa shape index (κ3) is 5.55. The van der Waals surface area contributed by atoms with Crippen LogP contribution in [-0.2, 0) is 32.4 Å². The molecule has 0 saturated heterocycles. The largest absolute Gasteiger partial charge is 0.494 e. The highest BCUT2D eigenvalue weighted by atomic mass is 16.5. The predicted octanol–water partition coefficient (Wildman–Crippen LogP) is 3.33. The Labute approximate surface area is 230 Å². The number of rotatable bonds is 11. The van der Waals surface area contributed by atoms with Gasteiger partial charge in [0.15, 0.2) is 0 Å². The number of methoxy groups -OCH3 is 1. The van der Waals surface area contributed by atoms with Gasteiger partial charge in [-0.05, 0) is 44.0 Å². The molecule has 0 saturated carbocycles. The number of aryl methyl sites for hydroxylation is 6. The van der Waals surface area contributed by atoms with E-state index in [1.54, 1.807) is 27.4 Å². The summed E-state index contributed by atoms with van der Waals surface area (Å²) in [7, 11) is 1.49. The number of nitrogens with two attached hydrogens (primary N) is 1. The maximum atomic E-state index is 13.3. The Morgan fingerprint density at radius 2 is 1.80 bits per heavy atom. The van der Waals surface area contributed by atoms with Gasteiger partial charge in [0.1, 0.15) is 17.0 Å². The van der Waals surface area contributed by atoms with Gasteiger partial charge in [0, 0.05) is 31.5 Å². The zero-order valence-corrected chi connectivity index (χ0v) is 22.5. The van der Waals surface area contributed by atoms with Crippen molar-refractivity contribution >= 4 is 28.8 Å². The SMILES string of the molecule is CCn1nc(C)cc1C(=O)Nc1nc2cc(C(N)=O)cc(OC)c2n1CCc1nnc(CCc2ccccc2)o1. The van der Waals surface area contributed by atoms with E-state index in [1.807, 2.05) is 32.0 Å². The molecule has 0 aliphatic carbocycles. The molecule has 3 aromatic heterocycles. The Hall–Kier alpha value is -5.00. The number of imidazole rings is 1. The number of amides is 2. The van der Waals surface area contributed by atoms with E-state index in [2.05, 4.69) is 37.7 Å². The van der Waals surface area contributed by atoms with Gasteiger partial charge in [0.25, 0.3) is 5.91 Å². The number of aromatic nitrogens is 6. The second-order valence-corrected chi connectivity index (χ2v) is 9.26. The second kappa shape index (κ2) is 11.4. The molecular weight excluding hydrogens is 512 g/mol. The number of benzene rings is 2. The van der Waals surface area contributed by atoms with Crippen LogP contribution in [0.3, 0.4) is 0 Å². The number of primary amides is 1. The highest BCUT2D eigenvalue weighted by molar-refractivity contribution is 6.04. The minimum absolute atomic E-state index is 0.242. The lowest BCUT2D eigenvalue weighted by molar-refractivity contribution is 0.0995. The summed E-state index contributed by atoms with van der Waals surface area (Å²) in [6, 6.07) is 14.9. The molecule has 0 aliphatic rings. The van der Waals surface area contributed by atoms with Gasteiger partial charge in [-0.1, -0.05) is 30.3 Å². The number of nitrogens with one attached hydrogen (secondary N) is 1. The maximum Gasteiger partial charge on any atom is 0.276 e. The zero-order chi connectivity index (χ0) is 28.2. The first-order valence-electron chi connectivity index (χ1n) is 12.9. The van der Waals surface area contributed by atoms with Crippen molar-refractivity contribution in [3.63, 3.8) is 0 Å². The van der Waals surface area contributed by atoms with Crippen molar-refractivity contribution in [1.82, 2.24) is 29.5 Å². The van der Waals surface area contributed by atoms with Gasteiger partial charge in [-0.25, -0.2) is 4.98 Å². The van der Waals surface area contributed by atoms with Crippen LogP contribution in [0.1, 0.15) is 50.8 Å². The van der Waals surface area contributed by atoms with Gasteiger partial charge in [0.05, 0.1) is 18.3 Å². The van der Waals surface area contributed by atoms with E-state index in [4.69, 9.17) is 14.9 Å². The Morgan fingerprint density at radius 3 is 2.50 bits per heavy atom. The molecule has 206 valence electrons. The van der Waals surface area contributed by atoms with Crippen molar-refractivity contribution in [1.29, 1.82) is 0 Å².